The van der Waals surface area contributed by atoms with E-state index in [1.165, 1.54) is 11.1 Å². The normalized spacial score (nSPS) is 11.2. The van der Waals surface area contributed by atoms with E-state index in [2.05, 4.69) is 41.4 Å². The highest BCUT2D eigenvalue weighted by atomic mass is 19.1. The molecule has 0 aliphatic carbocycles. The minimum Gasteiger partial charge on any atom is -0.261 e. The number of fused-ring (bicyclic) bond motifs is 1. The van der Waals surface area contributed by atoms with Gasteiger partial charge in [0.15, 0.2) is 0 Å². The monoisotopic (exact) mass is 448 g/mol. The van der Waals surface area contributed by atoms with Gasteiger partial charge in [-0.1, -0.05) is 60.7 Å². The van der Waals surface area contributed by atoms with E-state index in [-0.39, 0.29) is 5.82 Å². The fourth-order valence-corrected chi connectivity index (χ4v) is 4.20. The highest BCUT2D eigenvalue weighted by Crippen LogP contribution is 2.24. The van der Waals surface area contributed by atoms with Crippen molar-refractivity contribution in [2.45, 2.75) is 45.4 Å². The smallest absolute Gasteiger partial charge is 0.134 e. The zero-order valence-corrected chi connectivity index (χ0v) is 19.6. The summed E-state index contributed by atoms with van der Waals surface area (Å²) < 4.78 is 15.2. The van der Waals surface area contributed by atoms with Crippen molar-refractivity contribution in [1.29, 1.82) is 5.26 Å². The summed E-state index contributed by atoms with van der Waals surface area (Å²) >= 11 is 0. The Balaban J connectivity index is 1.38. The first kappa shape index (κ1) is 23.4. The molecule has 0 aliphatic heterocycles. The van der Waals surface area contributed by atoms with Crippen LogP contribution in [0.15, 0.2) is 85.1 Å². The Kier molecular flexibility index (Phi) is 7.83. The maximum absolute atomic E-state index is 15.2. The summed E-state index contributed by atoms with van der Waals surface area (Å²) in [6.07, 6.45) is 11.4. The molecular formula is C31H29FN2. The summed E-state index contributed by atoms with van der Waals surface area (Å²) in [6, 6.07) is 23.9. The molecule has 0 bridgehead atoms. The molecule has 0 unspecified atom stereocenters. The van der Waals surface area contributed by atoms with Gasteiger partial charge in [0.05, 0.1) is 11.6 Å². The second kappa shape index (κ2) is 11.4. The van der Waals surface area contributed by atoms with Crippen LogP contribution in [-0.4, -0.2) is 4.98 Å². The average molecular weight is 449 g/mol. The summed E-state index contributed by atoms with van der Waals surface area (Å²) in [5.74, 6) is -0.132. The zero-order chi connectivity index (χ0) is 23.8. The zero-order valence-electron chi connectivity index (χ0n) is 19.6. The first-order valence-electron chi connectivity index (χ1n) is 11.9. The van der Waals surface area contributed by atoms with Gasteiger partial charge < -0.3 is 0 Å². The number of nitriles is 1. The number of nitrogens with zero attached hydrogens (tertiary/aromatic N) is 2. The minimum atomic E-state index is -0.132. The Labute approximate surface area is 201 Å². The molecule has 0 N–H and O–H groups in total. The van der Waals surface area contributed by atoms with Crippen molar-refractivity contribution in [2.24, 2.45) is 0 Å². The van der Waals surface area contributed by atoms with E-state index < -0.39 is 0 Å². The number of pyridine rings is 1. The maximum Gasteiger partial charge on any atom is 0.134 e. The summed E-state index contributed by atoms with van der Waals surface area (Å²) in [7, 11) is 0. The predicted octanol–water partition coefficient (Wildman–Crippen LogP) is 7.32. The van der Waals surface area contributed by atoms with E-state index in [9.17, 15) is 0 Å². The van der Waals surface area contributed by atoms with Gasteiger partial charge in [0.1, 0.15) is 5.82 Å². The fourth-order valence-electron chi connectivity index (χ4n) is 4.20. The Bertz CT molecular complexity index is 1310. The van der Waals surface area contributed by atoms with Crippen molar-refractivity contribution >= 4 is 10.8 Å². The molecule has 0 spiro atoms. The fraction of sp³-hybridized carbons (Fsp3) is 0.226. The second-order valence-electron chi connectivity index (χ2n) is 8.67. The molecule has 170 valence electrons. The molecule has 1 heterocycles. The summed E-state index contributed by atoms with van der Waals surface area (Å²) in [5, 5.41) is 10.5. The van der Waals surface area contributed by atoms with E-state index in [1.807, 2.05) is 61.7 Å². The number of aryl methyl sites for hydroxylation is 5. The van der Waals surface area contributed by atoms with Gasteiger partial charge in [-0.05, 0) is 91.3 Å². The topological polar surface area (TPSA) is 36.7 Å². The SMILES string of the molecule is C/C=C/CCc1ccc(CCc2ccc3c(F)c(CCc4ccc(C#N)cc4)ccc3c2)nc1. The number of hydrogen-bond acceptors (Lipinski definition) is 2. The van der Waals surface area contributed by atoms with Gasteiger partial charge in [-0.25, -0.2) is 4.39 Å². The lowest BCUT2D eigenvalue weighted by Crippen LogP contribution is -1.98. The van der Waals surface area contributed by atoms with Crippen molar-refractivity contribution < 1.29 is 4.39 Å². The standard InChI is InChI=1S/C31H29FN2/c1-2-3-4-5-26-12-18-29(34-22-26)17-11-24-13-19-30-28(20-24)16-15-27(31(30)32)14-10-23-6-8-25(21-33)9-7-23/h2-3,6-9,12-13,15-16,18-20,22H,4-5,10-11,14,17H2,1H3/b3-2+. The molecule has 2 nitrogen and oxygen atoms in total. The number of benzene rings is 3. The number of halogens is 1. The van der Waals surface area contributed by atoms with Crippen LogP contribution in [0.3, 0.4) is 0 Å². The Morgan fingerprint density at radius 2 is 1.59 bits per heavy atom. The number of allylic oxidation sites excluding steroid dienone is 2. The third-order valence-corrected chi connectivity index (χ3v) is 6.26. The lowest BCUT2D eigenvalue weighted by molar-refractivity contribution is 0.620. The molecule has 0 saturated heterocycles. The maximum atomic E-state index is 15.2. The van der Waals surface area contributed by atoms with Crippen LogP contribution in [0, 0.1) is 17.1 Å². The molecule has 4 aromatic rings. The molecule has 0 fully saturated rings. The molecule has 4 rings (SSSR count). The lowest BCUT2D eigenvalue weighted by Gasteiger charge is -2.09. The molecule has 0 aliphatic rings. The van der Waals surface area contributed by atoms with Crippen LogP contribution in [-0.2, 0) is 32.1 Å². The van der Waals surface area contributed by atoms with E-state index in [0.717, 1.165) is 54.3 Å². The van der Waals surface area contributed by atoms with Gasteiger partial charge in [0.25, 0.3) is 0 Å². The molecule has 0 saturated carbocycles. The number of hydrogen-bond donors (Lipinski definition) is 0. The molecular weight excluding hydrogens is 419 g/mol. The molecule has 0 atom stereocenters. The van der Waals surface area contributed by atoms with Gasteiger partial charge in [0.2, 0.25) is 0 Å². The molecule has 0 radical (unpaired) electrons. The van der Waals surface area contributed by atoms with Gasteiger partial charge in [-0.15, -0.1) is 0 Å². The van der Waals surface area contributed by atoms with Crippen molar-refractivity contribution in [3.8, 4) is 6.07 Å². The summed E-state index contributed by atoms with van der Waals surface area (Å²) in [5.41, 5.74) is 6.01. The lowest BCUT2D eigenvalue weighted by atomic mass is 9.97. The van der Waals surface area contributed by atoms with Crippen LogP contribution in [0.1, 0.15) is 46.9 Å². The summed E-state index contributed by atoms with van der Waals surface area (Å²) in [6.45, 7) is 2.04. The van der Waals surface area contributed by atoms with Crippen LogP contribution in [0.25, 0.3) is 10.8 Å². The van der Waals surface area contributed by atoms with Gasteiger partial charge in [-0.3, -0.25) is 4.98 Å². The van der Waals surface area contributed by atoms with E-state index in [4.69, 9.17) is 5.26 Å². The van der Waals surface area contributed by atoms with Gasteiger partial charge in [-0.2, -0.15) is 5.26 Å². The van der Waals surface area contributed by atoms with E-state index in [0.29, 0.717) is 17.4 Å². The van der Waals surface area contributed by atoms with Crippen LogP contribution < -0.4 is 0 Å². The van der Waals surface area contributed by atoms with Crippen LogP contribution in [0.5, 0.6) is 0 Å². The molecule has 34 heavy (non-hydrogen) atoms. The Morgan fingerprint density at radius 3 is 2.32 bits per heavy atom. The first-order chi connectivity index (χ1) is 16.7. The number of rotatable bonds is 9. The Morgan fingerprint density at radius 1 is 0.824 bits per heavy atom. The van der Waals surface area contributed by atoms with Gasteiger partial charge >= 0.3 is 0 Å². The van der Waals surface area contributed by atoms with Crippen molar-refractivity contribution in [1.82, 2.24) is 4.98 Å². The quantitative estimate of drug-likeness (QED) is 0.251. The van der Waals surface area contributed by atoms with Crippen LogP contribution >= 0.6 is 0 Å². The summed E-state index contributed by atoms with van der Waals surface area (Å²) in [4.78, 5) is 4.62. The second-order valence-corrected chi connectivity index (χ2v) is 8.67. The predicted molar refractivity (Wildman–Crippen MR) is 137 cm³/mol. The third-order valence-electron chi connectivity index (χ3n) is 6.26. The van der Waals surface area contributed by atoms with Gasteiger partial charge in [0, 0.05) is 17.3 Å². The molecule has 1 aromatic heterocycles. The van der Waals surface area contributed by atoms with E-state index in [1.54, 1.807) is 0 Å². The average Bonchev–Trinajstić information content (AvgIpc) is 2.88. The first-order valence-corrected chi connectivity index (χ1v) is 11.9. The molecule has 0 amide bonds. The highest BCUT2D eigenvalue weighted by Gasteiger charge is 2.09. The molecule has 3 aromatic carbocycles. The van der Waals surface area contributed by atoms with E-state index >= 15 is 4.39 Å². The Hall–Kier alpha value is -3.77. The largest absolute Gasteiger partial charge is 0.261 e. The minimum absolute atomic E-state index is 0.132. The number of aromatic nitrogens is 1. The van der Waals surface area contributed by atoms with Crippen LogP contribution in [0.4, 0.5) is 4.39 Å². The van der Waals surface area contributed by atoms with Crippen molar-refractivity contribution in [3.05, 3.63) is 124 Å². The van der Waals surface area contributed by atoms with Crippen LogP contribution in [0.2, 0.25) is 0 Å². The van der Waals surface area contributed by atoms with Crippen molar-refractivity contribution in [2.75, 3.05) is 0 Å². The molecule has 3 heteroatoms. The highest BCUT2D eigenvalue weighted by molar-refractivity contribution is 5.84. The third kappa shape index (κ3) is 5.97. The van der Waals surface area contributed by atoms with Crippen molar-refractivity contribution in [3.63, 3.8) is 0 Å².